The van der Waals surface area contributed by atoms with Crippen LogP contribution >= 0.6 is 0 Å². The van der Waals surface area contributed by atoms with Crippen LogP contribution in [-0.2, 0) is 4.79 Å². The molecule has 0 aliphatic rings. The smallest absolute Gasteiger partial charge is 0.224 e. The lowest BCUT2D eigenvalue weighted by Crippen LogP contribution is -2.13. The van der Waals surface area contributed by atoms with Crippen molar-refractivity contribution in [1.29, 1.82) is 0 Å². The Morgan fingerprint density at radius 2 is 2.33 bits per heavy atom. The monoisotopic (exact) mass is 208 g/mol. The van der Waals surface area contributed by atoms with Crippen LogP contribution in [0.15, 0.2) is 18.3 Å². The van der Waals surface area contributed by atoms with Crippen molar-refractivity contribution in [2.24, 2.45) is 5.92 Å². The van der Waals surface area contributed by atoms with Crippen molar-refractivity contribution < 1.29 is 9.53 Å². The van der Waals surface area contributed by atoms with Gasteiger partial charge in [-0.25, -0.2) is 4.98 Å². The molecule has 0 radical (unpaired) electrons. The standard InChI is InChI=1S/C11H16N2O2/c1-8(2)6-10(14)13-9-4-5-12-11(7-9)15-3/h4-5,7-8H,6H2,1-3H3,(H,12,13,14). The van der Waals surface area contributed by atoms with Crippen LogP contribution in [0.1, 0.15) is 20.3 Å². The van der Waals surface area contributed by atoms with Crippen molar-refractivity contribution in [2.75, 3.05) is 12.4 Å². The molecular weight excluding hydrogens is 192 g/mol. The summed E-state index contributed by atoms with van der Waals surface area (Å²) in [5.74, 6) is 0.865. The highest BCUT2D eigenvalue weighted by molar-refractivity contribution is 5.90. The molecule has 1 N–H and O–H groups in total. The minimum atomic E-state index is 0.0123. The van der Waals surface area contributed by atoms with E-state index in [1.165, 1.54) is 0 Å². The van der Waals surface area contributed by atoms with E-state index in [1.807, 2.05) is 13.8 Å². The minimum Gasteiger partial charge on any atom is -0.481 e. The Labute approximate surface area is 89.7 Å². The Kier molecular flexibility index (Phi) is 4.09. The molecule has 82 valence electrons. The van der Waals surface area contributed by atoms with Gasteiger partial charge in [0.15, 0.2) is 0 Å². The van der Waals surface area contributed by atoms with Gasteiger partial charge in [-0.1, -0.05) is 13.8 Å². The molecule has 15 heavy (non-hydrogen) atoms. The number of carbonyl (C=O) groups is 1. The van der Waals surface area contributed by atoms with Crippen LogP contribution in [-0.4, -0.2) is 18.0 Å². The molecule has 0 fully saturated rings. The summed E-state index contributed by atoms with van der Waals surface area (Å²) >= 11 is 0. The second-order valence-corrected chi connectivity index (χ2v) is 3.73. The number of amides is 1. The van der Waals surface area contributed by atoms with E-state index in [9.17, 15) is 4.79 Å². The molecule has 0 aliphatic heterocycles. The van der Waals surface area contributed by atoms with Gasteiger partial charge in [-0.3, -0.25) is 4.79 Å². The third-order valence-corrected chi connectivity index (χ3v) is 1.82. The maximum absolute atomic E-state index is 11.5. The van der Waals surface area contributed by atoms with Crippen molar-refractivity contribution in [3.63, 3.8) is 0 Å². The topological polar surface area (TPSA) is 51.2 Å². The third kappa shape index (κ3) is 3.97. The number of hydrogen-bond acceptors (Lipinski definition) is 3. The van der Waals surface area contributed by atoms with Crippen LogP contribution in [0.3, 0.4) is 0 Å². The molecule has 0 aliphatic carbocycles. The predicted octanol–water partition coefficient (Wildman–Crippen LogP) is 2.07. The van der Waals surface area contributed by atoms with Crippen LogP contribution in [0.2, 0.25) is 0 Å². The number of methoxy groups -OCH3 is 1. The summed E-state index contributed by atoms with van der Waals surface area (Å²) < 4.78 is 4.96. The van der Waals surface area contributed by atoms with Gasteiger partial charge in [0.05, 0.1) is 7.11 Å². The predicted molar refractivity (Wildman–Crippen MR) is 58.9 cm³/mol. The summed E-state index contributed by atoms with van der Waals surface area (Å²) in [5.41, 5.74) is 0.715. The molecule has 0 bridgehead atoms. The second-order valence-electron chi connectivity index (χ2n) is 3.73. The molecular formula is C11H16N2O2. The zero-order chi connectivity index (χ0) is 11.3. The molecule has 0 aromatic carbocycles. The molecule has 1 amide bonds. The number of anilines is 1. The molecule has 0 saturated heterocycles. The maximum Gasteiger partial charge on any atom is 0.224 e. The molecule has 1 heterocycles. The van der Waals surface area contributed by atoms with E-state index in [4.69, 9.17) is 4.74 Å². The SMILES string of the molecule is COc1cc(NC(=O)CC(C)C)ccn1. The fraction of sp³-hybridized carbons (Fsp3) is 0.455. The first-order valence-corrected chi connectivity index (χ1v) is 4.91. The van der Waals surface area contributed by atoms with Gasteiger partial charge in [0.2, 0.25) is 11.8 Å². The van der Waals surface area contributed by atoms with E-state index in [-0.39, 0.29) is 5.91 Å². The van der Waals surface area contributed by atoms with Crippen LogP contribution < -0.4 is 10.1 Å². The number of aromatic nitrogens is 1. The number of ether oxygens (including phenoxy) is 1. The van der Waals surface area contributed by atoms with Crippen LogP contribution in [0, 0.1) is 5.92 Å². The quantitative estimate of drug-likeness (QED) is 0.824. The molecule has 0 atom stereocenters. The zero-order valence-corrected chi connectivity index (χ0v) is 9.28. The van der Waals surface area contributed by atoms with Crippen molar-refractivity contribution in [3.05, 3.63) is 18.3 Å². The summed E-state index contributed by atoms with van der Waals surface area (Å²) in [7, 11) is 1.54. The van der Waals surface area contributed by atoms with Gasteiger partial charge in [-0.2, -0.15) is 0 Å². The Morgan fingerprint density at radius 1 is 1.60 bits per heavy atom. The Balaban J connectivity index is 2.60. The van der Waals surface area contributed by atoms with Crippen LogP contribution in [0.4, 0.5) is 5.69 Å². The van der Waals surface area contributed by atoms with Gasteiger partial charge >= 0.3 is 0 Å². The fourth-order valence-electron chi connectivity index (χ4n) is 1.18. The van der Waals surface area contributed by atoms with E-state index in [0.717, 1.165) is 0 Å². The first-order chi connectivity index (χ1) is 7.11. The minimum absolute atomic E-state index is 0.0123. The van der Waals surface area contributed by atoms with Gasteiger partial charge in [-0.15, -0.1) is 0 Å². The number of nitrogens with one attached hydrogen (secondary N) is 1. The number of carbonyl (C=O) groups excluding carboxylic acids is 1. The first kappa shape index (κ1) is 11.5. The number of pyridine rings is 1. The Bertz CT molecular complexity index is 337. The van der Waals surface area contributed by atoms with Gasteiger partial charge in [-0.05, 0) is 12.0 Å². The molecule has 1 aromatic rings. The lowest BCUT2D eigenvalue weighted by atomic mass is 10.1. The van der Waals surface area contributed by atoms with Gasteiger partial charge < -0.3 is 10.1 Å². The zero-order valence-electron chi connectivity index (χ0n) is 9.28. The van der Waals surface area contributed by atoms with Crippen molar-refractivity contribution >= 4 is 11.6 Å². The van der Waals surface area contributed by atoms with Crippen LogP contribution in [0.5, 0.6) is 5.88 Å². The van der Waals surface area contributed by atoms with Gasteiger partial charge in [0.1, 0.15) is 0 Å². The average molecular weight is 208 g/mol. The average Bonchev–Trinajstić information content (AvgIpc) is 2.16. The third-order valence-electron chi connectivity index (χ3n) is 1.82. The Hall–Kier alpha value is -1.58. The molecule has 0 unspecified atom stereocenters. The first-order valence-electron chi connectivity index (χ1n) is 4.91. The molecule has 0 saturated carbocycles. The lowest BCUT2D eigenvalue weighted by molar-refractivity contribution is -0.116. The van der Waals surface area contributed by atoms with Gasteiger partial charge in [0, 0.05) is 24.4 Å². The second kappa shape index (κ2) is 5.34. The molecule has 4 nitrogen and oxygen atoms in total. The van der Waals surface area contributed by atoms with Crippen LogP contribution in [0.25, 0.3) is 0 Å². The highest BCUT2D eigenvalue weighted by Gasteiger charge is 2.05. The van der Waals surface area contributed by atoms with E-state index in [2.05, 4.69) is 10.3 Å². The molecule has 4 heteroatoms. The summed E-state index contributed by atoms with van der Waals surface area (Å²) in [4.78, 5) is 15.4. The lowest BCUT2D eigenvalue weighted by Gasteiger charge is -2.07. The van der Waals surface area contributed by atoms with Crippen molar-refractivity contribution in [2.45, 2.75) is 20.3 Å². The largest absolute Gasteiger partial charge is 0.481 e. The number of nitrogens with zero attached hydrogens (tertiary/aromatic N) is 1. The highest BCUT2D eigenvalue weighted by Crippen LogP contribution is 2.14. The maximum atomic E-state index is 11.5. The fourth-order valence-corrected chi connectivity index (χ4v) is 1.18. The van der Waals surface area contributed by atoms with E-state index in [1.54, 1.807) is 25.4 Å². The number of hydrogen-bond donors (Lipinski definition) is 1. The number of rotatable bonds is 4. The summed E-state index contributed by atoms with van der Waals surface area (Å²) in [5, 5.41) is 2.79. The van der Waals surface area contributed by atoms with E-state index >= 15 is 0 Å². The molecule has 0 spiro atoms. The highest BCUT2D eigenvalue weighted by atomic mass is 16.5. The summed E-state index contributed by atoms with van der Waals surface area (Å²) in [6.45, 7) is 4.01. The summed E-state index contributed by atoms with van der Waals surface area (Å²) in [6, 6.07) is 3.43. The van der Waals surface area contributed by atoms with Crippen molar-refractivity contribution in [1.82, 2.24) is 4.98 Å². The normalized spacial score (nSPS) is 10.1. The van der Waals surface area contributed by atoms with E-state index in [0.29, 0.717) is 23.9 Å². The van der Waals surface area contributed by atoms with Gasteiger partial charge in [0.25, 0.3) is 0 Å². The Morgan fingerprint density at radius 3 is 2.93 bits per heavy atom. The summed E-state index contributed by atoms with van der Waals surface area (Å²) in [6.07, 6.45) is 2.12. The van der Waals surface area contributed by atoms with Crippen molar-refractivity contribution in [3.8, 4) is 5.88 Å². The van der Waals surface area contributed by atoms with E-state index < -0.39 is 0 Å². The molecule has 1 aromatic heterocycles. The molecule has 1 rings (SSSR count).